The Bertz CT molecular complexity index is 1320. The molecule has 0 radical (unpaired) electrons. The molecule has 8 nitrogen and oxygen atoms in total. The lowest BCUT2D eigenvalue weighted by molar-refractivity contribution is 0.460. The average Bonchev–Trinajstić information content (AvgIpc) is 3.47. The molecule has 0 atom stereocenters. The van der Waals surface area contributed by atoms with Gasteiger partial charge in [0, 0.05) is 30.9 Å². The first-order chi connectivity index (χ1) is 15.6. The van der Waals surface area contributed by atoms with E-state index in [1.807, 2.05) is 6.07 Å². The van der Waals surface area contributed by atoms with Gasteiger partial charge in [0.05, 0.1) is 15.5 Å². The molecule has 1 aliphatic carbocycles. The Kier molecular flexibility index (Phi) is 6.66. The number of halogens is 1. The van der Waals surface area contributed by atoms with Gasteiger partial charge >= 0.3 is 0 Å². The molecule has 1 heterocycles. The van der Waals surface area contributed by atoms with E-state index in [-0.39, 0.29) is 28.2 Å². The van der Waals surface area contributed by atoms with Crippen molar-refractivity contribution in [1.82, 2.24) is 19.2 Å². The average molecular weight is 493 g/mol. The van der Waals surface area contributed by atoms with Crippen molar-refractivity contribution in [3.8, 4) is 11.3 Å². The minimum Gasteiger partial charge on any atom is -0.282 e. The Labute approximate surface area is 192 Å². The van der Waals surface area contributed by atoms with Crippen LogP contribution in [-0.4, -0.2) is 51.0 Å². The van der Waals surface area contributed by atoms with Gasteiger partial charge in [-0.2, -0.15) is 5.10 Å². The minimum absolute atomic E-state index is 0.0221. The van der Waals surface area contributed by atoms with E-state index < -0.39 is 20.0 Å². The highest BCUT2D eigenvalue weighted by atomic mass is 32.2. The van der Waals surface area contributed by atoms with Gasteiger partial charge in [0.25, 0.3) is 0 Å². The Morgan fingerprint density at radius 3 is 2.30 bits per heavy atom. The second-order valence-electron chi connectivity index (χ2n) is 8.08. The number of sulfonamides is 2. The van der Waals surface area contributed by atoms with Crippen LogP contribution in [0.2, 0.25) is 0 Å². The molecule has 1 aromatic heterocycles. The zero-order valence-electron chi connectivity index (χ0n) is 18.0. The third-order valence-electron chi connectivity index (χ3n) is 5.43. The van der Waals surface area contributed by atoms with Crippen LogP contribution in [0.25, 0.3) is 11.3 Å². The second-order valence-corrected chi connectivity index (χ2v) is 11.8. The first kappa shape index (κ1) is 23.6. The number of aromatic amines is 1. The summed E-state index contributed by atoms with van der Waals surface area (Å²) in [7, 11) is -5.89. The molecule has 0 saturated heterocycles. The number of nitrogens with zero attached hydrogens (tertiary/aromatic N) is 2. The summed E-state index contributed by atoms with van der Waals surface area (Å²) < 4.78 is 67.1. The molecule has 0 unspecified atom stereocenters. The van der Waals surface area contributed by atoms with Crippen LogP contribution in [0, 0.1) is 5.82 Å². The van der Waals surface area contributed by atoms with Gasteiger partial charge in [0.2, 0.25) is 20.0 Å². The number of hydrogen-bond acceptors (Lipinski definition) is 5. The number of nitrogens with one attached hydrogen (secondary N) is 2. The molecule has 1 fully saturated rings. The maximum absolute atomic E-state index is 13.1. The molecule has 3 aromatic rings. The monoisotopic (exact) mass is 492 g/mol. The lowest BCUT2D eigenvalue weighted by atomic mass is 10.1. The lowest BCUT2D eigenvalue weighted by Crippen LogP contribution is -2.28. The summed E-state index contributed by atoms with van der Waals surface area (Å²) in [6.07, 6.45) is 2.78. The van der Waals surface area contributed by atoms with Gasteiger partial charge in [0.1, 0.15) is 5.82 Å². The van der Waals surface area contributed by atoms with Crippen molar-refractivity contribution in [3.05, 3.63) is 66.1 Å². The Morgan fingerprint density at radius 2 is 1.67 bits per heavy atom. The Balaban J connectivity index is 1.34. The fraction of sp³-hybridized carbons (Fsp3) is 0.318. The van der Waals surface area contributed by atoms with Gasteiger partial charge in [-0.25, -0.2) is 30.3 Å². The Morgan fingerprint density at radius 1 is 1.03 bits per heavy atom. The molecular formula is C22H25FN4O4S2. The summed E-state index contributed by atoms with van der Waals surface area (Å²) in [4.78, 5) is 0.0858. The van der Waals surface area contributed by atoms with Crippen LogP contribution in [0.3, 0.4) is 0 Å². The molecule has 0 aliphatic heterocycles. The predicted octanol–water partition coefficient (Wildman–Crippen LogP) is 2.91. The van der Waals surface area contributed by atoms with Gasteiger partial charge in [-0.3, -0.25) is 5.10 Å². The van der Waals surface area contributed by atoms with E-state index >= 15 is 0 Å². The summed E-state index contributed by atoms with van der Waals surface area (Å²) in [5.41, 5.74) is 2.33. The largest absolute Gasteiger partial charge is 0.282 e. The molecule has 11 heteroatoms. The van der Waals surface area contributed by atoms with Crippen LogP contribution < -0.4 is 4.72 Å². The second kappa shape index (κ2) is 9.34. The van der Waals surface area contributed by atoms with E-state index in [0.717, 1.165) is 24.1 Å². The van der Waals surface area contributed by atoms with Gasteiger partial charge in [-0.15, -0.1) is 0 Å². The smallest absolute Gasteiger partial charge is 0.242 e. The van der Waals surface area contributed by atoms with Crippen LogP contribution >= 0.6 is 0 Å². The van der Waals surface area contributed by atoms with E-state index in [4.69, 9.17) is 0 Å². The molecule has 176 valence electrons. The molecule has 1 aliphatic rings. The van der Waals surface area contributed by atoms with E-state index in [9.17, 15) is 21.2 Å². The lowest BCUT2D eigenvalue weighted by Gasteiger charge is -2.17. The van der Waals surface area contributed by atoms with E-state index in [1.54, 1.807) is 12.1 Å². The van der Waals surface area contributed by atoms with Crippen molar-refractivity contribution in [2.75, 3.05) is 13.6 Å². The van der Waals surface area contributed by atoms with Gasteiger partial charge in [-0.05, 0) is 80.3 Å². The molecular weight excluding hydrogens is 467 g/mol. The summed E-state index contributed by atoms with van der Waals surface area (Å²) in [6, 6.07) is 13.1. The molecule has 1 saturated carbocycles. The highest BCUT2D eigenvalue weighted by molar-refractivity contribution is 7.89. The van der Waals surface area contributed by atoms with Crippen LogP contribution in [-0.2, 0) is 26.5 Å². The number of aromatic nitrogens is 2. The first-order valence-corrected chi connectivity index (χ1v) is 13.5. The predicted molar refractivity (Wildman–Crippen MR) is 122 cm³/mol. The van der Waals surface area contributed by atoms with Crippen molar-refractivity contribution < 1.29 is 21.2 Å². The standard InChI is InChI=1S/C22H25FN4O4S2/c1-27(14-2-3-19-15-22(25-24-19)16-4-6-17(23)7-5-16)33(30,31)21-12-10-20(11-13-21)32(28,29)26-18-8-9-18/h4-7,10-13,15,18,26H,2-3,8-9,14H2,1H3,(H,24,25). The van der Waals surface area contributed by atoms with Crippen LogP contribution in [0.1, 0.15) is 25.0 Å². The summed E-state index contributed by atoms with van der Waals surface area (Å²) in [6.45, 7) is 0.274. The van der Waals surface area contributed by atoms with Gasteiger partial charge < -0.3 is 0 Å². The molecule has 33 heavy (non-hydrogen) atoms. The van der Waals surface area contributed by atoms with Crippen LogP contribution in [0.15, 0.2) is 64.4 Å². The van der Waals surface area contributed by atoms with Crippen molar-refractivity contribution in [2.24, 2.45) is 0 Å². The van der Waals surface area contributed by atoms with Crippen molar-refractivity contribution in [2.45, 2.75) is 41.5 Å². The van der Waals surface area contributed by atoms with Crippen molar-refractivity contribution in [3.63, 3.8) is 0 Å². The molecule has 4 rings (SSSR count). The minimum atomic E-state index is -3.75. The topological polar surface area (TPSA) is 112 Å². The zero-order chi connectivity index (χ0) is 23.6. The SMILES string of the molecule is CN(CCCc1cc(-c2ccc(F)cc2)n[nH]1)S(=O)(=O)c1ccc(S(=O)(=O)NC2CC2)cc1. The number of benzene rings is 2. The molecule has 0 spiro atoms. The molecule has 0 bridgehead atoms. The Hall–Kier alpha value is -2.60. The summed E-state index contributed by atoms with van der Waals surface area (Å²) in [5.74, 6) is -0.315. The first-order valence-electron chi connectivity index (χ1n) is 10.5. The van der Waals surface area contributed by atoms with Crippen LogP contribution in [0.5, 0.6) is 0 Å². The van der Waals surface area contributed by atoms with E-state index in [2.05, 4.69) is 14.9 Å². The van der Waals surface area contributed by atoms with Crippen LogP contribution in [0.4, 0.5) is 4.39 Å². The van der Waals surface area contributed by atoms with Crippen molar-refractivity contribution in [1.29, 1.82) is 0 Å². The summed E-state index contributed by atoms with van der Waals surface area (Å²) in [5, 5.41) is 7.15. The van der Waals surface area contributed by atoms with Gasteiger partial charge in [0.15, 0.2) is 0 Å². The maximum atomic E-state index is 13.1. The normalized spacial score (nSPS) is 14.6. The highest BCUT2D eigenvalue weighted by Crippen LogP contribution is 2.24. The number of aryl methyl sites for hydroxylation is 1. The number of rotatable bonds is 10. The zero-order valence-corrected chi connectivity index (χ0v) is 19.7. The number of H-pyrrole nitrogens is 1. The number of hydrogen-bond donors (Lipinski definition) is 2. The van der Waals surface area contributed by atoms with E-state index in [1.165, 1.54) is 47.8 Å². The third kappa shape index (κ3) is 5.67. The van der Waals surface area contributed by atoms with Crippen molar-refractivity contribution >= 4 is 20.0 Å². The molecule has 2 aromatic carbocycles. The molecule has 2 N–H and O–H groups in total. The third-order valence-corrected chi connectivity index (χ3v) is 8.84. The summed E-state index contributed by atoms with van der Waals surface area (Å²) >= 11 is 0. The quantitative estimate of drug-likeness (QED) is 0.452. The maximum Gasteiger partial charge on any atom is 0.242 e. The molecule has 0 amide bonds. The van der Waals surface area contributed by atoms with E-state index in [0.29, 0.717) is 18.5 Å². The van der Waals surface area contributed by atoms with Gasteiger partial charge in [-0.1, -0.05) is 0 Å². The highest BCUT2D eigenvalue weighted by Gasteiger charge is 2.28. The fourth-order valence-electron chi connectivity index (χ4n) is 3.33. The fourth-order valence-corrected chi connectivity index (χ4v) is 5.84.